The number of ether oxygens (including phenoxy) is 1. The third kappa shape index (κ3) is 5.56. The van der Waals surface area contributed by atoms with Gasteiger partial charge in [0.05, 0.1) is 19.0 Å². The minimum absolute atomic E-state index is 0.0632. The number of quaternary nitrogens is 1. The minimum atomic E-state index is -2.86. The van der Waals surface area contributed by atoms with E-state index in [0.29, 0.717) is 24.6 Å². The Labute approximate surface area is 130 Å². The molecule has 7 heteroatoms. The summed E-state index contributed by atoms with van der Waals surface area (Å²) in [6, 6.07) is 7.48. The molecule has 0 aromatic heterocycles. The highest BCUT2D eigenvalue weighted by atomic mass is 35.5. The van der Waals surface area contributed by atoms with E-state index in [2.05, 4.69) is 0 Å². The van der Waals surface area contributed by atoms with Crippen molar-refractivity contribution in [3.8, 4) is 0 Å². The zero-order valence-corrected chi connectivity index (χ0v) is 13.3. The predicted octanol–water partition coefficient (Wildman–Crippen LogP) is -0.0320. The molecule has 1 aromatic rings. The quantitative estimate of drug-likeness (QED) is 0.733. The van der Waals surface area contributed by atoms with Crippen molar-refractivity contribution < 1.29 is 23.6 Å². The molecule has 0 radical (unpaired) electrons. The van der Waals surface area contributed by atoms with E-state index in [9.17, 15) is 13.5 Å². The molecule has 0 aliphatic carbocycles. The highest BCUT2D eigenvalue weighted by Gasteiger charge is 2.30. The fraction of sp³-hybridized carbons (Fsp3) is 0.571. The Bertz CT molecular complexity index is 564. The minimum Gasteiger partial charge on any atom is -0.385 e. The first-order chi connectivity index (χ1) is 9.96. The van der Waals surface area contributed by atoms with Crippen molar-refractivity contribution in [3.05, 3.63) is 34.9 Å². The number of hydrogen-bond acceptors (Lipinski definition) is 4. The maximum atomic E-state index is 11.3. The van der Waals surface area contributed by atoms with Crippen LogP contribution >= 0.6 is 11.6 Å². The molecule has 1 saturated heterocycles. The molecule has 1 aliphatic rings. The van der Waals surface area contributed by atoms with Gasteiger partial charge in [-0.3, -0.25) is 0 Å². The maximum Gasteiger partial charge on any atom is 0.156 e. The van der Waals surface area contributed by atoms with Crippen molar-refractivity contribution in [1.29, 1.82) is 0 Å². The highest BCUT2D eigenvalue weighted by Crippen LogP contribution is 2.15. The van der Waals surface area contributed by atoms with Crippen molar-refractivity contribution >= 4 is 21.4 Å². The van der Waals surface area contributed by atoms with Crippen molar-refractivity contribution in [1.82, 2.24) is 0 Å². The largest absolute Gasteiger partial charge is 0.385 e. The van der Waals surface area contributed by atoms with Crippen LogP contribution in [-0.4, -0.2) is 50.3 Å². The van der Waals surface area contributed by atoms with E-state index >= 15 is 0 Å². The topological polar surface area (TPSA) is 80.2 Å². The zero-order chi connectivity index (χ0) is 15.3. The standard InChI is InChI=1S/C14H20ClNO4S/c15-14-4-2-1-3-11(14)8-20-9-13(17)7-16-12-5-6-21(18,19)10-12/h1-4,12-13,16-17H,5-10H2/p+1/t12-,13+/m0/s1. The molecule has 0 spiro atoms. The number of nitrogens with two attached hydrogens (primary N) is 1. The Morgan fingerprint density at radius 2 is 2.19 bits per heavy atom. The van der Waals surface area contributed by atoms with Crippen molar-refractivity contribution in [2.45, 2.75) is 25.2 Å². The second-order valence-electron chi connectivity index (χ2n) is 5.39. The van der Waals surface area contributed by atoms with Gasteiger partial charge >= 0.3 is 0 Å². The van der Waals surface area contributed by atoms with Crippen molar-refractivity contribution in [2.24, 2.45) is 0 Å². The van der Waals surface area contributed by atoms with E-state index in [1.54, 1.807) is 6.07 Å². The van der Waals surface area contributed by atoms with E-state index in [1.807, 2.05) is 23.5 Å². The van der Waals surface area contributed by atoms with Gasteiger partial charge in [-0.25, -0.2) is 8.42 Å². The molecule has 0 unspecified atom stereocenters. The highest BCUT2D eigenvalue weighted by molar-refractivity contribution is 7.91. The van der Waals surface area contributed by atoms with Gasteiger partial charge in [0.25, 0.3) is 0 Å². The average Bonchev–Trinajstić information content (AvgIpc) is 2.78. The van der Waals surface area contributed by atoms with Gasteiger partial charge in [0.15, 0.2) is 9.84 Å². The lowest BCUT2D eigenvalue weighted by atomic mass is 10.2. The molecule has 0 saturated carbocycles. The van der Waals surface area contributed by atoms with Gasteiger partial charge in [0.1, 0.15) is 24.4 Å². The number of sulfone groups is 1. The fourth-order valence-electron chi connectivity index (χ4n) is 2.35. The molecule has 3 N–H and O–H groups in total. The molecule has 1 heterocycles. The van der Waals surface area contributed by atoms with Crippen molar-refractivity contribution in [3.63, 3.8) is 0 Å². The zero-order valence-electron chi connectivity index (χ0n) is 11.7. The molecule has 0 amide bonds. The monoisotopic (exact) mass is 334 g/mol. The predicted molar refractivity (Wildman–Crippen MR) is 81.0 cm³/mol. The van der Waals surface area contributed by atoms with E-state index in [4.69, 9.17) is 16.3 Å². The van der Waals surface area contributed by atoms with Crippen LogP contribution in [-0.2, 0) is 21.2 Å². The Morgan fingerprint density at radius 3 is 2.86 bits per heavy atom. The maximum absolute atomic E-state index is 11.3. The van der Waals surface area contributed by atoms with Gasteiger partial charge in [0.2, 0.25) is 0 Å². The van der Waals surface area contributed by atoms with Gasteiger partial charge in [0, 0.05) is 11.4 Å². The number of hydrogen-bond donors (Lipinski definition) is 2. The summed E-state index contributed by atoms with van der Waals surface area (Å²) < 4.78 is 28.1. The molecular formula is C14H21ClNO4S+. The summed E-state index contributed by atoms with van der Waals surface area (Å²) in [5, 5.41) is 12.4. The summed E-state index contributed by atoms with van der Waals surface area (Å²) in [7, 11) is -2.86. The second kappa shape index (κ2) is 7.56. The van der Waals surface area contributed by atoms with Crippen LogP contribution in [0.3, 0.4) is 0 Å². The average molecular weight is 335 g/mol. The Morgan fingerprint density at radius 1 is 1.43 bits per heavy atom. The van der Waals surface area contributed by atoms with E-state index in [0.717, 1.165) is 5.56 Å². The van der Waals surface area contributed by atoms with Gasteiger partial charge in [-0.1, -0.05) is 29.8 Å². The third-order valence-corrected chi connectivity index (χ3v) is 5.70. The number of aliphatic hydroxyl groups is 1. The number of rotatable bonds is 7. The SMILES string of the molecule is O=S1(=O)CC[C@H]([NH2+]C[C@@H](O)COCc2ccccc2Cl)C1. The molecule has 21 heavy (non-hydrogen) atoms. The lowest BCUT2D eigenvalue weighted by molar-refractivity contribution is -0.690. The van der Waals surface area contributed by atoms with Gasteiger partial charge in [-0.15, -0.1) is 0 Å². The molecule has 2 rings (SSSR count). The fourth-order valence-corrected chi connectivity index (χ4v) is 4.32. The summed E-state index contributed by atoms with van der Waals surface area (Å²) in [6.45, 7) is 1.01. The molecular weight excluding hydrogens is 314 g/mol. The van der Waals surface area contributed by atoms with Gasteiger partial charge < -0.3 is 15.2 Å². The van der Waals surface area contributed by atoms with Crippen LogP contribution in [0.1, 0.15) is 12.0 Å². The smallest absolute Gasteiger partial charge is 0.156 e. The second-order valence-corrected chi connectivity index (χ2v) is 8.03. The summed E-state index contributed by atoms with van der Waals surface area (Å²) in [4.78, 5) is 0. The lowest BCUT2D eigenvalue weighted by Crippen LogP contribution is -2.92. The first-order valence-electron chi connectivity index (χ1n) is 6.99. The van der Waals surface area contributed by atoms with Crippen LogP contribution in [0.4, 0.5) is 0 Å². The number of halogens is 1. The summed E-state index contributed by atoms with van der Waals surface area (Å²) in [5.74, 6) is 0.466. The van der Waals surface area contributed by atoms with E-state index < -0.39 is 15.9 Å². The van der Waals surface area contributed by atoms with Gasteiger partial charge in [-0.2, -0.15) is 0 Å². The molecule has 5 nitrogen and oxygen atoms in total. The van der Waals surface area contributed by atoms with Crippen LogP contribution in [0.2, 0.25) is 5.02 Å². The van der Waals surface area contributed by atoms with Crippen molar-refractivity contribution in [2.75, 3.05) is 24.7 Å². The summed E-state index contributed by atoms with van der Waals surface area (Å²) in [5.41, 5.74) is 0.886. The summed E-state index contributed by atoms with van der Waals surface area (Å²) >= 11 is 6.01. The molecule has 1 aliphatic heterocycles. The Hall–Kier alpha value is -0.660. The molecule has 118 valence electrons. The third-order valence-electron chi connectivity index (χ3n) is 3.53. The first-order valence-corrected chi connectivity index (χ1v) is 9.19. The first kappa shape index (κ1) is 16.7. The lowest BCUT2D eigenvalue weighted by Gasteiger charge is -2.13. The van der Waals surface area contributed by atoms with Crippen LogP contribution in [0.25, 0.3) is 0 Å². The number of aliphatic hydroxyl groups excluding tert-OH is 1. The van der Waals surface area contributed by atoms with E-state index in [-0.39, 0.29) is 24.2 Å². The Balaban J connectivity index is 1.64. The molecule has 1 fully saturated rings. The van der Waals surface area contributed by atoms with Crippen LogP contribution in [0.15, 0.2) is 24.3 Å². The molecule has 0 bridgehead atoms. The van der Waals surface area contributed by atoms with Gasteiger partial charge in [-0.05, 0) is 11.6 Å². The van der Waals surface area contributed by atoms with Crippen LogP contribution in [0, 0.1) is 0 Å². The van der Waals surface area contributed by atoms with Crippen LogP contribution in [0.5, 0.6) is 0 Å². The van der Waals surface area contributed by atoms with Crippen LogP contribution < -0.4 is 5.32 Å². The molecule has 2 atom stereocenters. The Kier molecular flexibility index (Phi) is 6.01. The van der Waals surface area contributed by atoms with E-state index in [1.165, 1.54) is 0 Å². The normalized spacial score (nSPS) is 22.3. The molecule has 1 aromatic carbocycles. The summed E-state index contributed by atoms with van der Waals surface area (Å²) in [6.07, 6.45) is 0.0472. The number of benzene rings is 1.